The van der Waals surface area contributed by atoms with Crippen molar-refractivity contribution >= 4 is 5.69 Å². The minimum Gasteiger partial charge on any atom is -0.362 e. The van der Waals surface area contributed by atoms with Crippen molar-refractivity contribution in [2.24, 2.45) is 0 Å². The Kier molecular flexibility index (Phi) is 5.53. The van der Waals surface area contributed by atoms with Gasteiger partial charge in [-0.1, -0.05) is 13.0 Å². The number of H-pyrrole nitrogens is 1. The van der Waals surface area contributed by atoms with Crippen molar-refractivity contribution < 1.29 is 4.39 Å². The highest BCUT2D eigenvalue weighted by molar-refractivity contribution is 5.47. The van der Waals surface area contributed by atoms with E-state index in [-0.39, 0.29) is 5.82 Å². The molecule has 2 aliphatic rings. The molecule has 1 fully saturated rings. The fourth-order valence-electron chi connectivity index (χ4n) is 3.32. The van der Waals surface area contributed by atoms with E-state index in [4.69, 9.17) is 0 Å². The van der Waals surface area contributed by atoms with Crippen LogP contribution < -0.4 is 5.32 Å². The van der Waals surface area contributed by atoms with Gasteiger partial charge < -0.3 is 10.2 Å². The lowest BCUT2D eigenvalue weighted by Crippen LogP contribution is -2.27. The first kappa shape index (κ1) is 17.7. The molecule has 4 nitrogen and oxygen atoms in total. The molecule has 1 aliphatic carbocycles. The van der Waals surface area contributed by atoms with Gasteiger partial charge in [-0.3, -0.25) is 5.10 Å². The van der Waals surface area contributed by atoms with E-state index in [9.17, 15) is 4.39 Å². The number of hydrogen-bond acceptors (Lipinski definition) is 3. The largest absolute Gasteiger partial charge is 0.362 e. The van der Waals surface area contributed by atoms with Crippen molar-refractivity contribution in [1.29, 1.82) is 0 Å². The average Bonchev–Trinajstić information content (AvgIpc) is 2.93. The minimum absolute atomic E-state index is 0.181. The van der Waals surface area contributed by atoms with Gasteiger partial charge in [0.2, 0.25) is 0 Å². The Morgan fingerprint density at radius 3 is 2.84 bits per heavy atom. The molecule has 1 aliphatic heterocycles. The second kappa shape index (κ2) is 7.83. The number of aromatic amines is 1. The molecule has 2 heterocycles. The first-order chi connectivity index (χ1) is 12.1. The first-order valence-corrected chi connectivity index (χ1v) is 8.96. The maximum absolute atomic E-state index is 12.7. The molecule has 1 saturated carbocycles. The summed E-state index contributed by atoms with van der Waals surface area (Å²) in [6, 6.07) is 4.84. The van der Waals surface area contributed by atoms with Gasteiger partial charge in [0.25, 0.3) is 0 Å². The highest BCUT2D eigenvalue weighted by atomic mass is 19.1. The number of nitrogens with zero attached hydrogens (tertiary/aromatic N) is 2. The molecule has 134 valence electrons. The molecule has 25 heavy (non-hydrogen) atoms. The van der Waals surface area contributed by atoms with Crippen LogP contribution in [-0.4, -0.2) is 28.7 Å². The molecule has 1 aromatic heterocycles. The van der Waals surface area contributed by atoms with E-state index in [2.05, 4.69) is 34.0 Å². The van der Waals surface area contributed by atoms with Crippen LogP contribution in [0.1, 0.15) is 47.7 Å². The molecule has 2 aromatic rings. The van der Waals surface area contributed by atoms with Gasteiger partial charge in [-0.2, -0.15) is 5.10 Å². The molecule has 0 bridgehead atoms. The number of aryl methyl sites for hydroxylation is 1. The van der Waals surface area contributed by atoms with Crippen LogP contribution in [0.15, 0.2) is 31.0 Å². The summed E-state index contributed by atoms with van der Waals surface area (Å²) in [6.07, 6.45) is 6.79. The zero-order valence-corrected chi connectivity index (χ0v) is 15.1. The first-order valence-electron chi connectivity index (χ1n) is 8.96. The molecule has 0 amide bonds. The molecule has 0 atom stereocenters. The molecule has 0 saturated heterocycles. The minimum atomic E-state index is -0.181. The Labute approximate surface area is 149 Å². The lowest BCUT2D eigenvalue weighted by Gasteiger charge is -2.28. The molecule has 0 radical (unpaired) electrons. The Morgan fingerprint density at radius 1 is 1.40 bits per heavy atom. The maximum atomic E-state index is 12.7. The second-order valence-electron chi connectivity index (χ2n) is 6.99. The van der Waals surface area contributed by atoms with Gasteiger partial charge in [0.05, 0.1) is 5.69 Å². The summed E-state index contributed by atoms with van der Waals surface area (Å²) >= 11 is 0. The van der Waals surface area contributed by atoms with Crippen LogP contribution in [0.5, 0.6) is 0 Å². The monoisotopic (exact) mass is 342 g/mol. The second-order valence-corrected chi connectivity index (χ2v) is 6.99. The molecule has 1 aromatic carbocycles. The molecular formula is C20H27FN4. The van der Waals surface area contributed by atoms with Crippen LogP contribution >= 0.6 is 0 Å². The number of halogens is 1. The molecule has 4 rings (SSSR count). The molecule has 2 N–H and O–H groups in total. The topological polar surface area (TPSA) is 44.0 Å². The fraction of sp³-hybridized carbons (Fsp3) is 0.450. The van der Waals surface area contributed by atoms with E-state index in [0.717, 1.165) is 24.6 Å². The van der Waals surface area contributed by atoms with Gasteiger partial charge in [-0.15, -0.1) is 0 Å². The third-order valence-electron chi connectivity index (χ3n) is 5.07. The van der Waals surface area contributed by atoms with E-state index in [1.807, 2.05) is 0 Å². The van der Waals surface area contributed by atoms with Gasteiger partial charge in [-0.05, 0) is 56.8 Å². The number of rotatable bonds is 3. The van der Waals surface area contributed by atoms with Crippen LogP contribution in [0.4, 0.5) is 10.1 Å². The highest BCUT2D eigenvalue weighted by Gasteiger charge is 2.28. The Balaban J connectivity index is 0.000000151. The summed E-state index contributed by atoms with van der Waals surface area (Å²) in [7, 11) is 2.19. The summed E-state index contributed by atoms with van der Waals surface area (Å²) in [5.41, 5.74) is 5.77. The number of likely N-dealkylation sites (N-methyl/N-ethyl adjacent to an activating group) is 1. The van der Waals surface area contributed by atoms with Crippen LogP contribution in [0, 0.1) is 12.7 Å². The lowest BCUT2D eigenvalue weighted by atomic mass is 9.81. The fourth-order valence-corrected chi connectivity index (χ4v) is 3.32. The van der Waals surface area contributed by atoms with Gasteiger partial charge in [0.15, 0.2) is 0 Å². The summed E-state index contributed by atoms with van der Waals surface area (Å²) in [5.74, 6) is 0.584. The summed E-state index contributed by atoms with van der Waals surface area (Å²) in [6.45, 7) is 7.49. The number of fused-ring (bicyclic) bond motifs is 1. The third kappa shape index (κ3) is 4.10. The Hall–Kier alpha value is -2.14. The van der Waals surface area contributed by atoms with Crippen molar-refractivity contribution in [2.75, 3.05) is 18.9 Å². The van der Waals surface area contributed by atoms with Crippen molar-refractivity contribution in [2.45, 2.75) is 45.1 Å². The summed E-state index contributed by atoms with van der Waals surface area (Å²) in [5, 5.41) is 10.6. The van der Waals surface area contributed by atoms with Crippen LogP contribution in [-0.2, 0) is 13.0 Å². The average molecular weight is 342 g/mol. The van der Waals surface area contributed by atoms with Crippen LogP contribution in [0.3, 0.4) is 0 Å². The number of anilines is 1. The van der Waals surface area contributed by atoms with Crippen molar-refractivity contribution in [3.05, 3.63) is 59.3 Å². The number of aromatic nitrogens is 2. The maximum Gasteiger partial charge on any atom is 0.126 e. The summed E-state index contributed by atoms with van der Waals surface area (Å²) in [4.78, 5) is 2.39. The standard InChI is InChI=1S/C11H17N3.C9H10FN/c1-14-6-5-10-9(7-14)11(13-12-10)8-3-2-4-8;1-3-11-8-4-5-9(10)7(2)6-8/h8H,2-7H2,1H3,(H,12,13);3-6,11H,1H2,2H3. The zero-order chi connectivity index (χ0) is 17.8. The smallest absolute Gasteiger partial charge is 0.126 e. The molecule has 0 spiro atoms. The predicted octanol–water partition coefficient (Wildman–Crippen LogP) is 4.35. The van der Waals surface area contributed by atoms with E-state index >= 15 is 0 Å². The normalized spacial score (nSPS) is 17.1. The third-order valence-corrected chi connectivity index (χ3v) is 5.07. The number of nitrogens with one attached hydrogen (secondary N) is 2. The van der Waals surface area contributed by atoms with Gasteiger partial charge >= 0.3 is 0 Å². The number of hydrogen-bond donors (Lipinski definition) is 2. The summed E-state index contributed by atoms with van der Waals surface area (Å²) < 4.78 is 12.7. The van der Waals surface area contributed by atoms with Gasteiger partial charge in [-0.25, -0.2) is 4.39 Å². The quantitative estimate of drug-likeness (QED) is 0.871. The zero-order valence-electron chi connectivity index (χ0n) is 15.1. The Bertz CT molecular complexity index is 733. The van der Waals surface area contributed by atoms with E-state index < -0.39 is 0 Å². The highest BCUT2D eigenvalue weighted by Crippen LogP contribution is 2.38. The predicted molar refractivity (Wildman–Crippen MR) is 100 cm³/mol. The lowest BCUT2D eigenvalue weighted by molar-refractivity contribution is 0.307. The molecular weight excluding hydrogens is 315 g/mol. The SMILES string of the molecule is C=CNc1ccc(F)c(C)c1.CN1CCc2[nH]nc(C3CCC3)c2C1. The van der Waals surface area contributed by atoms with Crippen LogP contribution in [0.2, 0.25) is 0 Å². The van der Waals surface area contributed by atoms with Crippen LogP contribution in [0.25, 0.3) is 0 Å². The van der Waals surface area contributed by atoms with Crippen molar-refractivity contribution in [3.63, 3.8) is 0 Å². The number of benzene rings is 1. The van der Waals surface area contributed by atoms with E-state index in [1.165, 1.54) is 48.8 Å². The van der Waals surface area contributed by atoms with Crippen molar-refractivity contribution in [1.82, 2.24) is 15.1 Å². The Morgan fingerprint density at radius 2 is 2.20 bits per heavy atom. The molecule has 5 heteroatoms. The molecule has 0 unspecified atom stereocenters. The van der Waals surface area contributed by atoms with Gasteiger partial charge in [0.1, 0.15) is 5.82 Å². The van der Waals surface area contributed by atoms with Crippen molar-refractivity contribution in [3.8, 4) is 0 Å². The van der Waals surface area contributed by atoms with E-state index in [0.29, 0.717) is 5.56 Å². The van der Waals surface area contributed by atoms with Gasteiger partial charge in [0, 0.05) is 42.4 Å². The van der Waals surface area contributed by atoms with E-state index in [1.54, 1.807) is 25.3 Å².